The second-order valence-corrected chi connectivity index (χ2v) is 8.26. The van der Waals surface area contributed by atoms with Gasteiger partial charge in [-0.2, -0.15) is 0 Å². The SMILES string of the molecule is CNc1nccn1Cc1cc(Br)c2c(c1)C(=O)N([C@@H](C)c1cc(OC)c(F)cn1)CC2. The van der Waals surface area contributed by atoms with Gasteiger partial charge in [-0.05, 0) is 36.6 Å². The summed E-state index contributed by atoms with van der Waals surface area (Å²) in [6.45, 7) is 3.03. The lowest BCUT2D eigenvalue weighted by atomic mass is 9.95. The van der Waals surface area contributed by atoms with Gasteiger partial charge in [-0.15, -0.1) is 0 Å². The standard InChI is InChI=1S/C22H23BrFN5O2/c1-13(19-10-20(31-3)18(24)11-27-19)29-6-4-15-16(21(29)30)8-14(9-17(15)23)12-28-7-5-26-22(28)25-2/h5,7-11,13H,4,6,12H2,1-3H3,(H,25,26)/t13-/m0/s1. The van der Waals surface area contributed by atoms with Crippen molar-refractivity contribution in [3.05, 3.63) is 69.5 Å². The highest BCUT2D eigenvalue weighted by Crippen LogP contribution is 2.33. The Labute approximate surface area is 188 Å². The minimum absolute atomic E-state index is 0.0686. The number of carbonyl (C=O) groups is 1. The third-order valence-corrected chi connectivity index (χ3v) is 6.31. The molecule has 1 aliphatic heterocycles. The predicted molar refractivity (Wildman–Crippen MR) is 119 cm³/mol. The number of amides is 1. The molecule has 0 unspecified atom stereocenters. The lowest BCUT2D eigenvalue weighted by Gasteiger charge is -2.34. The normalized spacial score (nSPS) is 14.4. The van der Waals surface area contributed by atoms with E-state index >= 15 is 0 Å². The molecular weight excluding hydrogens is 465 g/mol. The van der Waals surface area contributed by atoms with Crippen molar-refractivity contribution >= 4 is 27.8 Å². The van der Waals surface area contributed by atoms with Gasteiger partial charge in [-0.1, -0.05) is 15.9 Å². The number of nitrogens with zero attached hydrogens (tertiary/aromatic N) is 4. The van der Waals surface area contributed by atoms with Gasteiger partial charge in [0.15, 0.2) is 11.6 Å². The molecule has 2 aromatic heterocycles. The summed E-state index contributed by atoms with van der Waals surface area (Å²) < 4.78 is 21.7. The quantitative estimate of drug-likeness (QED) is 0.567. The maximum Gasteiger partial charge on any atom is 0.254 e. The molecule has 0 saturated heterocycles. The molecule has 3 heterocycles. The molecule has 1 N–H and O–H groups in total. The third kappa shape index (κ3) is 4.01. The number of pyridine rings is 1. The first-order valence-corrected chi connectivity index (χ1v) is 10.7. The molecule has 0 radical (unpaired) electrons. The molecule has 162 valence electrons. The van der Waals surface area contributed by atoms with Gasteiger partial charge in [0.25, 0.3) is 5.91 Å². The average molecular weight is 488 g/mol. The van der Waals surface area contributed by atoms with Crippen molar-refractivity contribution in [2.45, 2.75) is 25.9 Å². The van der Waals surface area contributed by atoms with Crippen LogP contribution in [-0.2, 0) is 13.0 Å². The maximum atomic E-state index is 13.8. The number of anilines is 1. The van der Waals surface area contributed by atoms with Crippen LogP contribution in [0.3, 0.4) is 0 Å². The predicted octanol–water partition coefficient (Wildman–Crippen LogP) is 4.04. The fourth-order valence-electron chi connectivity index (χ4n) is 3.93. The summed E-state index contributed by atoms with van der Waals surface area (Å²) in [5.74, 6) is 0.280. The number of fused-ring (bicyclic) bond motifs is 1. The van der Waals surface area contributed by atoms with Crippen LogP contribution in [0.2, 0.25) is 0 Å². The van der Waals surface area contributed by atoms with Gasteiger partial charge in [0, 0.05) is 42.1 Å². The summed E-state index contributed by atoms with van der Waals surface area (Å²) in [6, 6.07) is 5.23. The largest absolute Gasteiger partial charge is 0.494 e. The highest BCUT2D eigenvalue weighted by atomic mass is 79.9. The van der Waals surface area contributed by atoms with Crippen LogP contribution in [0.15, 0.2) is 41.3 Å². The lowest BCUT2D eigenvalue weighted by molar-refractivity contribution is 0.0668. The highest BCUT2D eigenvalue weighted by molar-refractivity contribution is 9.10. The molecular formula is C22H23BrFN5O2. The molecule has 0 saturated carbocycles. The molecule has 0 bridgehead atoms. The first kappa shape index (κ1) is 21.3. The molecule has 0 aliphatic carbocycles. The van der Waals surface area contributed by atoms with Crippen LogP contribution in [0.25, 0.3) is 0 Å². The van der Waals surface area contributed by atoms with Crippen LogP contribution in [0.4, 0.5) is 10.3 Å². The van der Waals surface area contributed by atoms with Gasteiger partial charge in [0.1, 0.15) is 0 Å². The van der Waals surface area contributed by atoms with Crippen LogP contribution in [-0.4, -0.2) is 46.0 Å². The molecule has 31 heavy (non-hydrogen) atoms. The van der Waals surface area contributed by atoms with Gasteiger partial charge in [0.05, 0.1) is 31.6 Å². The maximum absolute atomic E-state index is 13.8. The molecule has 1 aromatic carbocycles. The van der Waals surface area contributed by atoms with Crippen molar-refractivity contribution in [1.82, 2.24) is 19.4 Å². The van der Waals surface area contributed by atoms with Crippen molar-refractivity contribution in [2.75, 3.05) is 26.0 Å². The summed E-state index contributed by atoms with van der Waals surface area (Å²) in [6.07, 6.45) is 5.48. The van der Waals surface area contributed by atoms with Gasteiger partial charge in [0.2, 0.25) is 5.95 Å². The van der Waals surface area contributed by atoms with E-state index in [1.54, 1.807) is 17.2 Å². The third-order valence-electron chi connectivity index (χ3n) is 5.60. The zero-order valence-corrected chi connectivity index (χ0v) is 19.1. The number of carbonyl (C=O) groups excluding carboxylic acids is 1. The van der Waals surface area contributed by atoms with Gasteiger partial charge < -0.3 is 19.5 Å². The zero-order chi connectivity index (χ0) is 22.1. The van der Waals surface area contributed by atoms with Gasteiger partial charge in [-0.25, -0.2) is 9.37 Å². The molecule has 0 spiro atoms. The Bertz CT molecular complexity index is 1130. The minimum Gasteiger partial charge on any atom is -0.494 e. The van der Waals surface area contributed by atoms with E-state index in [4.69, 9.17) is 4.74 Å². The van der Waals surface area contributed by atoms with E-state index in [0.29, 0.717) is 24.3 Å². The molecule has 7 nitrogen and oxygen atoms in total. The summed E-state index contributed by atoms with van der Waals surface area (Å²) in [7, 11) is 3.23. The molecule has 1 atom stereocenters. The number of rotatable bonds is 6. The first-order valence-electron chi connectivity index (χ1n) is 9.93. The van der Waals surface area contributed by atoms with Gasteiger partial charge >= 0.3 is 0 Å². The number of ether oxygens (including phenoxy) is 1. The Hall–Kier alpha value is -2.94. The minimum atomic E-state index is -0.525. The van der Waals surface area contributed by atoms with Crippen LogP contribution >= 0.6 is 15.9 Å². The summed E-state index contributed by atoms with van der Waals surface area (Å²) in [4.78, 5) is 23.6. The van der Waals surface area contributed by atoms with Crippen molar-refractivity contribution in [2.24, 2.45) is 0 Å². The monoisotopic (exact) mass is 487 g/mol. The number of hydrogen-bond donors (Lipinski definition) is 1. The Kier molecular flexibility index (Phi) is 5.95. The molecule has 0 fully saturated rings. The Morgan fingerprint density at radius 1 is 1.32 bits per heavy atom. The number of halogens is 2. The van der Waals surface area contributed by atoms with Crippen molar-refractivity contribution < 1.29 is 13.9 Å². The second-order valence-electron chi connectivity index (χ2n) is 7.40. The number of methoxy groups -OCH3 is 1. The van der Waals surface area contributed by atoms with Gasteiger partial charge in [-0.3, -0.25) is 9.78 Å². The number of aromatic nitrogens is 3. The van der Waals surface area contributed by atoms with E-state index in [2.05, 4.69) is 37.3 Å². The van der Waals surface area contributed by atoms with Crippen LogP contribution in [0.1, 0.15) is 40.1 Å². The van der Waals surface area contributed by atoms with Crippen LogP contribution in [0, 0.1) is 5.82 Å². The Morgan fingerprint density at radius 3 is 2.87 bits per heavy atom. The first-order chi connectivity index (χ1) is 14.9. The number of nitrogens with one attached hydrogen (secondary N) is 1. The highest BCUT2D eigenvalue weighted by Gasteiger charge is 2.31. The van der Waals surface area contributed by atoms with Crippen molar-refractivity contribution in [3.8, 4) is 5.75 Å². The number of hydrogen-bond acceptors (Lipinski definition) is 5. The summed E-state index contributed by atoms with van der Waals surface area (Å²) in [5, 5.41) is 3.06. The lowest BCUT2D eigenvalue weighted by Crippen LogP contribution is -2.40. The van der Waals surface area contributed by atoms with E-state index in [0.717, 1.165) is 34.2 Å². The number of imidazole rings is 1. The van der Waals surface area contributed by atoms with E-state index in [1.165, 1.54) is 7.11 Å². The average Bonchev–Trinajstić information content (AvgIpc) is 3.21. The van der Waals surface area contributed by atoms with E-state index < -0.39 is 5.82 Å². The summed E-state index contributed by atoms with van der Waals surface area (Å²) >= 11 is 3.65. The second kappa shape index (κ2) is 8.66. The molecule has 1 amide bonds. The zero-order valence-electron chi connectivity index (χ0n) is 17.5. The molecule has 1 aliphatic rings. The summed E-state index contributed by atoms with van der Waals surface area (Å²) in [5.41, 5.74) is 3.25. The van der Waals surface area contributed by atoms with E-state index in [-0.39, 0.29) is 17.7 Å². The van der Waals surface area contributed by atoms with Crippen molar-refractivity contribution in [1.29, 1.82) is 0 Å². The molecule has 9 heteroatoms. The van der Waals surface area contributed by atoms with Crippen LogP contribution < -0.4 is 10.1 Å². The van der Waals surface area contributed by atoms with E-state index in [9.17, 15) is 9.18 Å². The Morgan fingerprint density at radius 2 is 2.13 bits per heavy atom. The van der Waals surface area contributed by atoms with Crippen LogP contribution in [0.5, 0.6) is 5.75 Å². The Balaban J connectivity index is 1.64. The smallest absolute Gasteiger partial charge is 0.254 e. The van der Waals surface area contributed by atoms with E-state index in [1.807, 2.05) is 30.8 Å². The fraction of sp³-hybridized carbons (Fsp3) is 0.318. The molecule has 3 aromatic rings. The molecule has 4 rings (SSSR count). The number of benzene rings is 1. The fourth-order valence-corrected chi connectivity index (χ4v) is 4.63. The topological polar surface area (TPSA) is 72.3 Å². The van der Waals surface area contributed by atoms with Crippen molar-refractivity contribution in [3.63, 3.8) is 0 Å².